The smallest absolute Gasteiger partial charge is 0.326 e. The van der Waals surface area contributed by atoms with Gasteiger partial charge in [0.05, 0.1) is 5.56 Å². The first kappa shape index (κ1) is 14.7. The van der Waals surface area contributed by atoms with Crippen LogP contribution < -0.4 is 5.32 Å². The lowest BCUT2D eigenvalue weighted by Crippen LogP contribution is -2.49. The number of carboxylic acids is 1. The summed E-state index contributed by atoms with van der Waals surface area (Å²) in [5.74, 6) is -1.44. The normalized spacial score (nSPS) is 12.9. The fourth-order valence-electron chi connectivity index (χ4n) is 1.50. The molecule has 0 spiro atoms. The van der Waals surface area contributed by atoms with Crippen molar-refractivity contribution in [2.45, 2.75) is 26.8 Å². The summed E-state index contributed by atoms with van der Waals surface area (Å²) in [4.78, 5) is 23.2. The number of hydrogen-bond donors (Lipinski definition) is 2. The van der Waals surface area contributed by atoms with Crippen LogP contribution in [0.1, 0.15) is 31.1 Å². The Morgan fingerprint density at radius 2 is 1.83 bits per heavy atom. The lowest BCUT2D eigenvalue weighted by atomic mass is 9.86. The highest BCUT2D eigenvalue weighted by atomic mass is 79.9. The van der Waals surface area contributed by atoms with Crippen molar-refractivity contribution in [2.75, 3.05) is 0 Å². The highest BCUT2D eigenvalue weighted by molar-refractivity contribution is 9.10. The van der Waals surface area contributed by atoms with Crippen LogP contribution in [0.25, 0.3) is 0 Å². The Balaban J connectivity index is 2.93. The Labute approximate surface area is 115 Å². The van der Waals surface area contributed by atoms with Crippen molar-refractivity contribution in [1.82, 2.24) is 5.32 Å². The molecule has 2 N–H and O–H groups in total. The molecule has 0 aliphatic rings. The zero-order valence-electron chi connectivity index (χ0n) is 10.5. The van der Waals surface area contributed by atoms with Crippen LogP contribution in [0.15, 0.2) is 28.7 Å². The van der Waals surface area contributed by atoms with Gasteiger partial charge in [0.1, 0.15) is 6.04 Å². The number of rotatable bonds is 3. The van der Waals surface area contributed by atoms with Crippen LogP contribution in [0.5, 0.6) is 0 Å². The molecule has 0 aliphatic carbocycles. The van der Waals surface area contributed by atoms with Crippen molar-refractivity contribution in [1.29, 1.82) is 0 Å². The molecule has 1 amide bonds. The summed E-state index contributed by atoms with van der Waals surface area (Å²) in [7, 11) is 0. The van der Waals surface area contributed by atoms with Gasteiger partial charge in [0.25, 0.3) is 5.91 Å². The highest BCUT2D eigenvalue weighted by Crippen LogP contribution is 2.21. The van der Waals surface area contributed by atoms with Gasteiger partial charge in [0.15, 0.2) is 0 Å². The van der Waals surface area contributed by atoms with Crippen LogP contribution in [0.2, 0.25) is 0 Å². The molecule has 18 heavy (non-hydrogen) atoms. The number of benzene rings is 1. The lowest BCUT2D eigenvalue weighted by Gasteiger charge is -2.27. The Bertz CT molecular complexity index is 466. The molecule has 0 fully saturated rings. The van der Waals surface area contributed by atoms with Gasteiger partial charge in [-0.15, -0.1) is 0 Å². The third-order valence-corrected chi connectivity index (χ3v) is 3.20. The average Bonchev–Trinajstić information content (AvgIpc) is 2.24. The Kier molecular flexibility index (Phi) is 4.51. The lowest BCUT2D eigenvalue weighted by molar-refractivity contribution is -0.142. The monoisotopic (exact) mass is 313 g/mol. The predicted molar refractivity (Wildman–Crippen MR) is 72.5 cm³/mol. The SMILES string of the molecule is CC(C)(C)[C@H](NC(=O)c1ccccc1Br)C(=O)O. The quantitative estimate of drug-likeness (QED) is 0.901. The fraction of sp³-hybridized carbons (Fsp3) is 0.385. The third kappa shape index (κ3) is 3.57. The van der Waals surface area contributed by atoms with Crippen LogP contribution in [-0.2, 0) is 4.79 Å². The number of nitrogens with one attached hydrogen (secondary N) is 1. The molecule has 0 bridgehead atoms. The summed E-state index contributed by atoms with van der Waals surface area (Å²) >= 11 is 3.27. The van der Waals surface area contributed by atoms with E-state index in [-0.39, 0.29) is 0 Å². The number of hydrogen-bond acceptors (Lipinski definition) is 2. The maximum Gasteiger partial charge on any atom is 0.326 e. The van der Waals surface area contributed by atoms with E-state index < -0.39 is 23.3 Å². The molecule has 0 aliphatic heterocycles. The van der Waals surface area contributed by atoms with Gasteiger partial charge in [-0.25, -0.2) is 4.79 Å². The molecular weight excluding hydrogens is 298 g/mol. The molecule has 4 nitrogen and oxygen atoms in total. The molecule has 0 heterocycles. The van der Waals surface area contributed by atoms with E-state index >= 15 is 0 Å². The highest BCUT2D eigenvalue weighted by Gasteiger charge is 2.33. The van der Waals surface area contributed by atoms with E-state index in [9.17, 15) is 9.59 Å². The Hall–Kier alpha value is -1.36. The minimum absolute atomic E-state index is 0.398. The van der Waals surface area contributed by atoms with E-state index in [1.165, 1.54) is 0 Å². The van der Waals surface area contributed by atoms with Gasteiger partial charge in [-0.3, -0.25) is 4.79 Å². The van der Waals surface area contributed by atoms with Crippen LogP contribution in [0.4, 0.5) is 0 Å². The fourth-order valence-corrected chi connectivity index (χ4v) is 1.97. The molecule has 5 heteroatoms. The van der Waals surface area contributed by atoms with Crippen molar-refractivity contribution in [3.05, 3.63) is 34.3 Å². The molecule has 1 atom stereocenters. The Morgan fingerprint density at radius 1 is 1.28 bits per heavy atom. The minimum Gasteiger partial charge on any atom is -0.480 e. The molecule has 1 aromatic carbocycles. The Morgan fingerprint density at radius 3 is 2.28 bits per heavy atom. The van der Waals surface area contributed by atoms with Crippen molar-refractivity contribution in [3.8, 4) is 0 Å². The van der Waals surface area contributed by atoms with Crippen LogP contribution in [0, 0.1) is 5.41 Å². The number of aliphatic carboxylic acids is 1. The number of halogens is 1. The van der Waals surface area contributed by atoms with E-state index in [0.717, 1.165) is 0 Å². The molecule has 0 saturated carbocycles. The van der Waals surface area contributed by atoms with Crippen molar-refractivity contribution in [2.24, 2.45) is 5.41 Å². The van der Waals surface area contributed by atoms with Gasteiger partial charge >= 0.3 is 5.97 Å². The molecule has 98 valence electrons. The van der Waals surface area contributed by atoms with Crippen LogP contribution in [-0.4, -0.2) is 23.0 Å². The first-order chi connectivity index (χ1) is 8.23. The van der Waals surface area contributed by atoms with E-state index in [2.05, 4.69) is 21.2 Å². The maximum absolute atomic E-state index is 12.0. The third-order valence-electron chi connectivity index (χ3n) is 2.51. The van der Waals surface area contributed by atoms with E-state index in [1.54, 1.807) is 45.0 Å². The van der Waals surface area contributed by atoms with Crippen LogP contribution in [0.3, 0.4) is 0 Å². The van der Waals surface area contributed by atoms with Gasteiger partial charge in [-0.1, -0.05) is 32.9 Å². The second-order valence-corrected chi connectivity index (χ2v) is 5.94. The molecule has 0 aromatic heterocycles. The molecule has 1 aromatic rings. The molecule has 0 saturated heterocycles. The first-order valence-corrected chi connectivity index (χ1v) is 6.31. The van der Waals surface area contributed by atoms with Gasteiger partial charge in [-0.2, -0.15) is 0 Å². The average molecular weight is 314 g/mol. The summed E-state index contributed by atoms with van der Waals surface area (Å²) < 4.78 is 0.639. The van der Waals surface area contributed by atoms with E-state index in [0.29, 0.717) is 10.0 Å². The predicted octanol–water partition coefficient (Wildman–Crippen LogP) is 2.68. The molecule has 0 radical (unpaired) electrons. The zero-order chi connectivity index (χ0) is 13.9. The summed E-state index contributed by atoms with van der Waals surface area (Å²) in [5.41, 5.74) is -0.129. The zero-order valence-corrected chi connectivity index (χ0v) is 12.1. The van der Waals surface area contributed by atoms with Crippen molar-refractivity contribution >= 4 is 27.8 Å². The summed E-state index contributed by atoms with van der Waals surface area (Å²) in [6, 6.07) is 5.96. The first-order valence-electron chi connectivity index (χ1n) is 5.51. The molecule has 0 unspecified atom stereocenters. The standard InChI is InChI=1S/C13H16BrNO3/c1-13(2,3)10(12(17)18)15-11(16)8-6-4-5-7-9(8)14/h4-7,10H,1-3H3,(H,15,16)(H,17,18)/t10-/m1/s1. The topological polar surface area (TPSA) is 66.4 Å². The number of carboxylic acid groups (broad SMARTS) is 1. The minimum atomic E-state index is -1.04. The van der Waals surface area contributed by atoms with Gasteiger partial charge in [0, 0.05) is 4.47 Å². The second-order valence-electron chi connectivity index (χ2n) is 5.09. The second kappa shape index (κ2) is 5.52. The van der Waals surface area contributed by atoms with Crippen LogP contribution >= 0.6 is 15.9 Å². The van der Waals surface area contributed by atoms with Crippen molar-refractivity contribution < 1.29 is 14.7 Å². The van der Waals surface area contributed by atoms with E-state index in [4.69, 9.17) is 5.11 Å². The van der Waals surface area contributed by atoms with Gasteiger partial charge < -0.3 is 10.4 Å². The van der Waals surface area contributed by atoms with Crippen molar-refractivity contribution in [3.63, 3.8) is 0 Å². The number of carbonyl (C=O) groups is 2. The van der Waals surface area contributed by atoms with Gasteiger partial charge in [-0.05, 0) is 33.5 Å². The molecule has 1 rings (SSSR count). The maximum atomic E-state index is 12.0. The number of carbonyl (C=O) groups excluding carboxylic acids is 1. The summed E-state index contributed by atoms with van der Waals surface area (Å²) in [6.07, 6.45) is 0. The van der Waals surface area contributed by atoms with Gasteiger partial charge in [0.2, 0.25) is 0 Å². The summed E-state index contributed by atoms with van der Waals surface area (Å²) in [6.45, 7) is 5.31. The molecular formula is C13H16BrNO3. The largest absolute Gasteiger partial charge is 0.480 e. The summed E-state index contributed by atoms with van der Waals surface area (Å²) in [5, 5.41) is 11.7. The number of amides is 1. The van der Waals surface area contributed by atoms with E-state index in [1.807, 2.05) is 0 Å².